The molecule has 6 heterocycles. The third-order valence-electron chi connectivity index (χ3n) is 20.3. The van der Waals surface area contributed by atoms with Crippen LogP contribution in [0.2, 0.25) is 0 Å². The summed E-state index contributed by atoms with van der Waals surface area (Å²) in [5.41, 5.74) is 15.0. The molecule has 6 aromatic heterocycles. The van der Waals surface area contributed by atoms with Crippen molar-refractivity contribution in [2.45, 2.75) is 0 Å². The fraction of sp³-hybridized carbons (Fsp3) is 0. The third-order valence-corrected chi connectivity index (χ3v) is 22.7. The first-order valence-electron chi connectivity index (χ1n) is 33.8. The average molecular weight is 1310 g/mol. The highest BCUT2D eigenvalue weighted by Gasteiger charge is 2.25. The lowest BCUT2D eigenvalue weighted by Crippen LogP contribution is -1.98. The molecule has 22 aromatic rings. The first kappa shape index (κ1) is 56.5. The van der Waals surface area contributed by atoms with E-state index in [2.05, 4.69) is 337 Å². The van der Waals surface area contributed by atoms with Crippen molar-refractivity contribution in [1.29, 1.82) is 0 Å². The third kappa shape index (κ3) is 8.67. The molecule has 0 aliphatic rings. The van der Waals surface area contributed by atoms with Crippen molar-refractivity contribution >= 4 is 172 Å². The van der Waals surface area contributed by atoms with Gasteiger partial charge < -0.3 is 9.13 Å². The Hall–Kier alpha value is -12.7. The highest BCUT2D eigenvalue weighted by atomic mass is 32.1. The zero-order valence-electron chi connectivity index (χ0n) is 53.7. The van der Waals surface area contributed by atoms with Crippen molar-refractivity contribution in [1.82, 2.24) is 29.1 Å². The van der Waals surface area contributed by atoms with Crippen molar-refractivity contribution in [2.75, 3.05) is 0 Å². The highest BCUT2D eigenvalue weighted by molar-refractivity contribution is 7.27. The van der Waals surface area contributed by atoms with Crippen LogP contribution >= 0.6 is 22.7 Å². The van der Waals surface area contributed by atoms with Gasteiger partial charge in [-0.2, -0.15) is 0 Å². The molecule has 0 atom stereocenters. The molecule has 0 aliphatic carbocycles. The van der Waals surface area contributed by atoms with Gasteiger partial charge in [0.25, 0.3) is 0 Å². The summed E-state index contributed by atoms with van der Waals surface area (Å²) in [5, 5.41) is 22.4. The van der Waals surface area contributed by atoms with Gasteiger partial charge in [0.15, 0.2) is 11.6 Å². The predicted octanol–water partition coefficient (Wildman–Crippen LogP) is 25.5. The summed E-state index contributed by atoms with van der Waals surface area (Å²) in [6.45, 7) is 0. The van der Waals surface area contributed by atoms with E-state index in [0.29, 0.717) is 11.6 Å². The minimum Gasteiger partial charge on any atom is -0.308 e. The quantitative estimate of drug-likeness (QED) is 0.166. The van der Waals surface area contributed by atoms with Crippen molar-refractivity contribution < 1.29 is 0 Å². The van der Waals surface area contributed by atoms with Gasteiger partial charge in [-0.3, -0.25) is 0 Å². The molecule has 0 saturated heterocycles. The minimum absolute atomic E-state index is 0.715. The van der Waals surface area contributed by atoms with Crippen molar-refractivity contribution in [3.8, 4) is 56.7 Å². The Morgan fingerprint density at radius 2 is 0.640 bits per heavy atom. The van der Waals surface area contributed by atoms with Crippen LogP contribution in [0.3, 0.4) is 0 Å². The lowest BCUT2D eigenvalue weighted by atomic mass is 9.99. The smallest absolute Gasteiger partial charge is 0.160 e. The zero-order chi connectivity index (χ0) is 65.5. The second-order valence-corrected chi connectivity index (χ2v) is 28.0. The van der Waals surface area contributed by atoms with Gasteiger partial charge in [-0.15, -0.1) is 22.7 Å². The molecule has 0 spiro atoms. The number of hydrogen-bond donors (Lipinski definition) is 0. The molecular weight excluding hydrogens is 1250 g/mol. The van der Waals surface area contributed by atoms with E-state index in [1.54, 1.807) is 0 Å². The van der Waals surface area contributed by atoms with Gasteiger partial charge in [0.2, 0.25) is 0 Å². The summed E-state index contributed by atoms with van der Waals surface area (Å²) in [7, 11) is 0. The van der Waals surface area contributed by atoms with Crippen molar-refractivity contribution in [3.05, 3.63) is 328 Å². The Kier molecular flexibility index (Phi) is 12.7. The molecule has 100 heavy (non-hydrogen) atoms. The van der Waals surface area contributed by atoms with Gasteiger partial charge in [-0.1, -0.05) is 261 Å². The normalized spacial score (nSPS) is 12.0. The number of para-hydroxylation sites is 4. The summed E-state index contributed by atoms with van der Waals surface area (Å²) in [5.74, 6) is 1.43. The summed E-state index contributed by atoms with van der Waals surface area (Å²) >= 11 is 3.77. The maximum Gasteiger partial charge on any atom is 0.160 e. The van der Waals surface area contributed by atoms with Gasteiger partial charge in [-0.25, -0.2) is 19.9 Å². The maximum absolute atomic E-state index is 5.34. The van der Waals surface area contributed by atoms with Crippen LogP contribution in [0.5, 0.6) is 0 Å². The lowest BCUT2D eigenvalue weighted by Gasteiger charge is -2.13. The van der Waals surface area contributed by atoms with E-state index in [9.17, 15) is 0 Å². The highest BCUT2D eigenvalue weighted by Crippen LogP contribution is 2.51. The second kappa shape index (κ2) is 22.4. The second-order valence-electron chi connectivity index (χ2n) is 25.9. The number of aromatic nitrogens is 6. The predicted molar refractivity (Wildman–Crippen MR) is 425 cm³/mol. The topological polar surface area (TPSA) is 61.4 Å². The number of thiophene rings is 2. The lowest BCUT2D eigenvalue weighted by molar-refractivity contribution is 1.18. The molecule has 0 radical (unpaired) electrons. The molecule has 8 heteroatoms. The van der Waals surface area contributed by atoms with Crippen LogP contribution in [0.25, 0.3) is 206 Å². The van der Waals surface area contributed by atoms with E-state index >= 15 is 0 Å². The van der Waals surface area contributed by atoms with E-state index in [1.165, 1.54) is 127 Å². The molecular formula is C92H54N6S2. The average Bonchev–Trinajstić information content (AvgIpc) is 1.54. The van der Waals surface area contributed by atoms with Gasteiger partial charge in [0.05, 0.1) is 53.9 Å². The van der Waals surface area contributed by atoms with Gasteiger partial charge in [-0.05, 0) is 110 Å². The number of hydrogen-bond acceptors (Lipinski definition) is 6. The largest absolute Gasteiger partial charge is 0.308 e. The molecule has 0 unspecified atom stereocenters. The molecule has 22 rings (SSSR count). The summed E-state index contributed by atoms with van der Waals surface area (Å²) in [6.07, 6.45) is 0. The van der Waals surface area contributed by atoms with Crippen LogP contribution < -0.4 is 0 Å². The van der Waals surface area contributed by atoms with Crippen LogP contribution in [-0.4, -0.2) is 29.1 Å². The number of nitrogens with zero attached hydrogens (tertiary/aromatic N) is 6. The van der Waals surface area contributed by atoms with Crippen LogP contribution in [0.15, 0.2) is 328 Å². The maximum atomic E-state index is 5.34. The van der Waals surface area contributed by atoms with E-state index in [-0.39, 0.29) is 0 Å². The molecule has 0 bridgehead atoms. The molecule has 6 nitrogen and oxygen atoms in total. The molecule has 0 saturated carbocycles. The first-order valence-corrected chi connectivity index (χ1v) is 35.5. The van der Waals surface area contributed by atoms with Gasteiger partial charge in [0.1, 0.15) is 0 Å². The number of rotatable bonds is 6. The zero-order valence-corrected chi connectivity index (χ0v) is 55.3. The van der Waals surface area contributed by atoms with E-state index in [0.717, 1.165) is 66.8 Å². The molecule has 464 valence electrons. The van der Waals surface area contributed by atoms with E-state index in [4.69, 9.17) is 19.9 Å². The fourth-order valence-electron chi connectivity index (χ4n) is 16.0. The van der Waals surface area contributed by atoms with Crippen LogP contribution in [0.4, 0.5) is 0 Å². The Morgan fingerprint density at radius 3 is 1.19 bits per heavy atom. The number of fused-ring (bicyclic) bond motifs is 24. The monoisotopic (exact) mass is 1310 g/mol. The van der Waals surface area contributed by atoms with E-state index in [1.807, 2.05) is 22.7 Å². The summed E-state index contributed by atoms with van der Waals surface area (Å²) < 4.78 is 10.1. The first-order chi connectivity index (χ1) is 49.6. The Balaban J connectivity index is 0.000000131. The number of benzene rings is 16. The Bertz CT molecular complexity index is 7180. The van der Waals surface area contributed by atoms with Crippen molar-refractivity contribution in [3.63, 3.8) is 0 Å². The summed E-state index contributed by atoms with van der Waals surface area (Å²) in [6, 6.07) is 117. The molecule has 0 amide bonds. The van der Waals surface area contributed by atoms with Crippen LogP contribution in [-0.2, 0) is 0 Å². The van der Waals surface area contributed by atoms with Gasteiger partial charge in [0, 0.05) is 96.9 Å². The fourth-order valence-corrected chi connectivity index (χ4v) is 18.5. The Labute approximate surface area is 580 Å². The molecule has 0 aliphatic heterocycles. The van der Waals surface area contributed by atoms with Crippen molar-refractivity contribution in [2.24, 2.45) is 0 Å². The Morgan fingerprint density at radius 1 is 0.240 bits per heavy atom. The minimum atomic E-state index is 0.715. The SMILES string of the molecule is c1cc(-c2nc(-c3ccc4ccccc4c3)c3ccccc3n2)cc(-n2c3ccccc3c3c4ccccc4c4c5ccccc5sc4c32)c1.c1cc(-c2nc(-c3cccc4ccccc34)c3ccccc3n2)cc(-n2c3ccccc3c3c4ccccc4c4c5ccccc5sc4c32)c1. The van der Waals surface area contributed by atoms with Crippen LogP contribution in [0.1, 0.15) is 0 Å². The molecule has 16 aromatic carbocycles. The van der Waals surface area contributed by atoms with Crippen LogP contribution in [0, 0.1) is 0 Å². The molecule has 0 N–H and O–H groups in total. The molecule has 0 fully saturated rings. The standard InChI is InChI=1S/2C46H27N3S/c1-2-17-31-28(13-1)14-12-23-34(31)43-35-20-5-8-24-38(35)47-46(48-43)29-15-11-16-30(27-29)49-39-25-9-6-21-36(39)41-32-18-3-4-19-33(32)42-37-22-7-10-26-40(37)50-45(42)44(41)49;1-2-13-29-26-30(25-24-28(29)12-1)43-35-18-5-8-21-38(35)47-46(48-43)31-14-11-15-32(27-31)49-39-22-9-6-19-36(39)41-33-16-3-4-17-34(33)42-37-20-7-10-23-40(37)50-45(42)44(41)49/h2*1-27H. The van der Waals surface area contributed by atoms with E-state index < -0.39 is 0 Å². The summed E-state index contributed by atoms with van der Waals surface area (Å²) in [4.78, 5) is 20.9. The van der Waals surface area contributed by atoms with Gasteiger partial charge >= 0.3 is 0 Å².